The molecular formula is C28H26F2N4O2. The van der Waals surface area contributed by atoms with E-state index in [4.69, 9.17) is 0 Å². The first kappa shape index (κ1) is 24.8. The molecule has 0 spiro atoms. The van der Waals surface area contributed by atoms with Crippen LogP contribution < -0.4 is 10.6 Å². The molecule has 1 atom stereocenters. The van der Waals surface area contributed by atoms with Crippen molar-refractivity contribution in [1.82, 2.24) is 15.1 Å². The van der Waals surface area contributed by atoms with E-state index >= 15 is 0 Å². The predicted octanol–water partition coefficient (Wildman–Crippen LogP) is 5.44. The van der Waals surface area contributed by atoms with Crippen LogP contribution in [0.5, 0.6) is 0 Å². The van der Waals surface area contributed by atoms with E-state index in [1.807, 2.05) is 32.9 Å². The molecule has 0 bridgehead atoms. The molecular weight excluding hydrogens is 462 g/mol. The molecule has 3 aromatic carbocycles. The van der Waals surface area contributed by atoms with E-state index in [-0.39, 0.29) is 30.1 Å². The Morgan fingerprint density at radius 3 is 2.08 bits per heavy atom. The topological polar surface area (TPSA) is 76.0 Å². The van der Waals surface area contributed by atoms with Crippen molar-refractivity contribution in [2.24, 2.45) is 0 Å². The third-order valence-corrected chi connectivity index (χ3v) is 6.00. The lowest BCUT2D eigenvalue weighted by Gasteiger charge is -2.15. The molecule has 1 heterocycles. The quantitative estimate of drug-likeness (QED) is 0.364. The van der Waals surface area contributed by atoms with Gasteiger partial charge in [-0.05, 0) is 87.0 Å². The lowest BCUT2D eigenvalue weighted by molar-refractivity contribution is -0.121. The summed E-state index contributed by atoms with van der Waals surface area (Å²) in [7, 11) is 0. The van der Waals surface area contributed by atoms with E-state index in [0.717, 1.165) is 28.2 Å². The Hall–Kier alpha value is -4.33. The zero-order chi connectivity index (χ0) is 25.8. The van der Waals surface area contributed by atoms with Crippen molar-refractivity contribution in [2.45, 2.75) is 33.2 Å². The van der Waals surface area contributed by atoms with Crippen LogP contribution in [0.3, 0.4) is 0 Å². The van der Waals surface area contributed by atoms with Crippen molar-refractivity contribution in [3.05, 3.63) is 113 Å². The van der Waals surface area contributed by atoms with Crippen LogP contribution in [0.4, 0.5) is 14.5 Å². The van der Waals surface area contributed by atoms with Crippen molar-refractivity contribution < 1.29 is 18.4 Å². The average Bonchev–Trinajstić information content (AvgIpc) is 3.13. The number of carbonyl (C=O) groups excluding carboxylic acids is 2. The zero-order valence-corrected chi connectivity index (χ0v) is 20.2. The molecule has 0 radical (unpaired) electrons. The summed E-state index contributed by atoms with van der Waals surface area (Å²) < 4.78 is 28.0. The molecule has 0 saturated heterocycles. The summed E-state index contributed by atoms with van der Waals surface area (Å²) in [6.07, 6.45) is 0.162. The third-order valence-electron chi connectivity index (χ3n) is 6.00. The summed E-state index contributed by atoms with van der Waals surface area (Å²) in [6, 6.07) is 18.2. The van der Waals surface area contributed by atoms with Crippen LogP contribution in [0, 0.1) is 25.5 Å². The van der Waals surface area contributed by atoms with Crippen molar-refractivity contribution in [3.63, 3.8) is 0 Å². The van der Waals surface area contributed by atoms with E-state index in [1.54, 1.807) is 28.9 Å². The maximum absolute atomic E-state index is 13.3. The Kier molecular flexibility index (Phi) is 7.24. The minimum atomic E-state index is -0.404. The van der Waals surface area contributed by atoms with Crippen LogP contribution in [-0.4, -0.2) is 21.6 Å². The van der Waals surface area contributed by atoms with E-state index in [0.29, 0.717) is 11.3 Å². The van der Waals surface area contributed by atoms with E-state index in [2.05, 4.69) is 15.7 Å². The van der Waals surface area contributed by atoms with Crippen LogP contribution >= 0.6 is 0 Å². The first-order valence-electron chi connectivity index (χ1n) is 11.5. The molecule has 1 aromatic heterocycles. The Bertz CT molecular complexity index is 1380. The number of amides is 2. The second-order valence-corrected chi connectivity index (χ2v) is 8.59. The standard InChI is InChI=1S/C28H26F2N4O2/c1-17(20-6-12-24(13-7-20)32-28(36)21-4-8-22(29)9-5-21)31-27(35)16-26-18(2)33-34(19(26)3)25-14-10-23(30)11-15-25/h4-15,17H,16H2,1-3H3,(H,31,35)(H,32,36). The average molecular weight is 489 g/mol. The Labute approximate surface area is 208 Å². The third kappa shape index (κ3) is 5.66. The normalized spacial score (nSPS) is 11.7. The van der Waals surface area contributed by atoms with E-state index in [1.165, 1.54) is 36.4 Å². The molecule has 2 N–H and O–H groups in total. The first-order valence-corrected chi connectivity index (χ1v) is 11.5. The zero-order valence-electron chi connectivity index (χ0n) is 20.2. The van der Waals surface area contributed by atoms with Gasteiger partial charge in [-0.1, -0.05) is 12.1 Å². The van der Waals surface area contributed by atoms with E-state index < -0.39 is 5.82 Å². The number of anilines is 1. The largest absolute Gasteiger partial charge is 0.349 e. The molecule has 8 heteroatoms. The second kappa shape index (κ2) is 10.5. The molecule has 4 rings (SSSR count). The summed E-state index contributed by atoms with van der Waals surface area (Å²) in [4.78, 5) is 25.1. The Morgan fingerprint density at radius 1 is 0.889 bits per heavy atom. The molecule has 184 valence electrons. The summed E-state index contributed by atoms with van der Waals surface area (Å²) in [6.45, 7) is 5.61. The van der Waals surface area contributed by atoms with Gasteiger partial charge in [-0.15, -0.1) is 0 Å². The lowest BCUT2D eigenvalue weighted by Crippen LogP contribution is -2.28. The fraction of sp³-hybridized carbons (Fsp3) is 0.179. The summed E-state index contributed by atoms with van der Waals surface area (Å²) in [5.74, 6) is -1.21. The Morgan fingerprint density at radius 2 is 1.47 bits per heavy atom. The predicted molar refractivity (Wildman–Crippen MR) is 134 cm³/mol. The molecule has 0 aliphatic carbocycles. The van der Waals surface area contributed by atoms with Crippen molar-refractivity contribution in [1.29, 1.82) is 0 Å². The first-order chi connectivity index (χ1) is 17.2. The van der Waals surface area contributed by atoms with Gasteiger partial charge >= 0.3 is 0 Å². The highest BCUT2D eigenvalue weighted by atomic mass is 19.1. The van der Waals surface area contributed by atoms with Gasteiger partial charge in [-0.2, -0.15) is 5.10 Å². The molecule has 0 aliphatic rings. The number of hydrogen-bond acceptors (Lipinski definition) is 3. The highest BCUT2D eigenvalue weighted by molar-refractivity contribution is 6.04. The maximum Gasteiger partial charge on any atom is 0.255 e. The van der Waals surface area contributed by atoms with Crippen molar-refractivity contribution >= 4 is 17.5 Å². The van der Waals surface area contributed by atoms with Gasteiger partial charge in [0.1, 0.15) is 11.6 Å². The number of hydrogen-bond donors (Lipinski definition) is 2. The fourth-order valence-electron chi connectivity index (χ4n) is 3.96. The number of aromatic nitrogens is 2. The summed E-state index contributed by atoms with van der Waals surface area (Å²) >= 11 is 0. The summed E-state index contributed by atoms with van der Waals surface area (Å²) in [5.41, 5.74) is 4.93. The van der Waals surface area contributed by atoms with Crippen LogP contribution in [0.2, 0.25) is 0 Å². The van der Waals surface area contributed by atoms with Crippen LogP contribution in [-0.2, 0) is 11.2 Å². The van der Waals surface area contributed by atoms with Gasteiger partial charge in [0.05, 0.1) is 23.8 Å². The number of nitrogens with zero attached hydrogens (tertiary/aromatic N) is 2. The van der Waals surface area contributed by atoms with Gasteiger partial charge in [-0.25, -0.2) is 13.5 Å². The SMILES string of the molecule is Cc1nn(-c2ccc(F)cc2)c(C)c1CC(=O)NC(C)c1ccc(NC(=O)c2ccc(F)cc2)cc1. The van der Waals surface area contributed by atoms with Gasteiger partial charge in [0.2, 0.25) is 5.91 Å². The number of aryl methyl sites for hydroxylation is 1. The monoisotopic (exact) mass is 488 g/mol. The number of rotatable bonds is 7. The Balaban J connectivity index is 1.37. The number of carbonyl (C=O) groups is 2. The molecule has 1 unspecified atom stereocenters. The molecule has 0 aliphatic heterocycles. The van der Waals surface area contributed by atoms with Gasteiger partial charge < -0.3 is 10.6 Å². The van der Waals surface area contributed by atoms with Gasteiger partial charge in [0.25, 0.3) is 5.91 Å². The van der Waals surface area contributed by atoms with Gasteiger partial charge in [-0.3, -0.25) is 9.59 Å². The molecule has 2 amide bonds. The molecule has 36 heavy (non-hydrogen) atoms. The second-order valence-electron chi connectivity index (χ2n) is 8.59. The minimum Gasteiger partial charge on any atom is -0.349 e. The molecule has 6 nitrogen and oxygen atoms in total. The van der Waals surface area contributed by atoms with Gasteiger partial charge in [0.15, 0.2) is 0 Å². The summed E-state index contributed by atoms with van der Waals surface area (Å²) in [5, 5.41) is 10.3. The van der Waals surface area contributed by atoms with E-state index in [9.17, 15) is 18.4 Å². The number of halogens is 2. The minimum absolute atomic E-state index is 0.152. The fourth-order valence-corrected chi connectivity index (χ4v) is 3.96. The molecule has 4 aromatic rings. The molecule has 0 fully saturated rings. The highest BCUT2D eigenvalue weighted by Crippen LogP contribution is 2.21. The van der Waals surface area contributed by atoms with Crippen LogP contribution in [0.25, 0.3) is 5.69 Å². The van der Waals surface area contributed by atoms with Gasteiger partial charge in [0, 0.05) is 22.5 Å². The number of nitrogens with one attached hydrogen (secondary N) is 2. The molecule has 0 saturated carbocycles. The smallest absolute Gasteiger partial charge is 0.255 e. The van der Waals surface area contributed by atoms with Crippen molar-refractivity contribution in [2.75, 3.05) is 5.32 Å². The lowest BCUT2D eigenvalue weighted by atomic mass is 10.1. The van der Waals surface area contributed by atoms with Crippen LogP contribution in [0.15, 0.2) is 72.8 Å². The van der Waals surface area contributed by atoms with Crippen LogP contribution in [0.1, 0.15) is 45.8 Å². The maximum atomic E-state index is 13.3. The van der Waals surface area contributed by atoms with Crippen molar-refractivity contribution in [3.8, 4) is 5.69 Å². The highest BCUT2D eigenvalue weighted by Gasteiger charge is 2.18. The number of benzene rings is 3.